The number of carbonyl (C=O) groups is 1. The van der Waals surface area contributed by atoms with E-state index in [1.165, 1.54) is 0 Å². The first kappa shape index (κ1) is 18.8. The highest BCUT2D eigenvalue weighted by Gasteiger charge is 2.20. The standard InChI is InChI=1S/C21H25N3O3/c1-6-18(27-19-9-7-8-13(2)14(19)3)20(25)22-15-10-11-16-17(12-15)24(5)21(26)23(16)4/h7-12,18H,6H2,1-5H3,(H,22,25)/t18-/m0/s1. The zero-order valence-corrected chi connectivity index (χ0v) is 16.4. The van der Waals surface area contributed by atoms with Gasteiger partial charge in [-0.25, -0.2) is 4.79 Å². The summed E-state index contributed by atoms with van der Waals surface area (Å²) in [6.45, 7) is 5.92. The third kappa shape index (κ3) is 3.47. The molecule has 1 amide bonds. The molecule has 0 radical (unpaired) electrons. The van der Waals surface area contributed by atoms with Crippen molar-refractivity contribution in [3.05, 3.63) is 58.0 Å². The molecule has 27 heavy (non-hydrogen) atoms. The van der Waals surface area contributed by atoms with Crippen molar-refractivity contribution in [2.75, 3.05) is 5.32 Å². The van der Waals surface area contributed by atoms with E-state index in [1.807, 2.05) is 45.0 Å². The highest BCUT2D eigenvalue weighted by atomic mass is 16.5. The minimum absolute atomic E-state index is 0.0989. The van der Waals surface area contributed by atoms with Crippen molar-refractivity contribution in [3.8, 4) is 5.75 Å². The predicted octanol–water partition coefficient (Wildman–Crippen LogP) is 3.29. The minimum Gasteiger partial charge on any atom is -0.480 e. The summed E-state index contributed by atoms with van der Waals surface area (Å²) in [4.78, 5) is 24.8. The van der Waals surface area contributed by atoms with Gasteiger partial charge in [0.15, 0.2) is 6.10 Å². The number of nitrogens with zero attached hydrogens (tertiary/aromatic N) is 2. The summed E-state index contributed by atoms with van der Waals surface area (Å²) in [6, 6.07) is 11.3. The van der Waals surface area contributed by atoms with Crippen LogP contribution < -0.4 is 15.7 Å². The van der Waals surface area contributed by atoms with Crippen molar-refractivity contribution in [3.63, 3.8) is 0 Å². The quantitative estimate of drug-likeness (QED) is 0.753. The maximum absolute atomic E-state index is 12.7. The van der Waals surface area contributed by atoms with Crippen LogP contribution in [0.25, 0.3) is 11.0 Å². The molecule has 0 aliphatic rings. The average Bonchev–Trinajstić information content (AvgIpc) is 2.87. The molecule has 142 valence electrons. The first-order chi connectivity index (χ1) is 12.8. The molecule has 6 nitrogen and oxygen atoms in total. The topological polar surface area (TPSA) is 65.3 Å². The Kier molecular flexibility index (Phi) is 5.08. The van der Waals surface area contributed by atoms with Crippen LogP contribution in [0.2, 0.25) is 0 Å². The second kappa shape index (κ2) is 7.31. The lowest BCUT2D eigenvalue weighted by Crippen LogP contribution is -2.32. The second-order valence-electron chi connectivity index (χ2n) is 6.81. The van der Waals surface area contributed by atoms with Crippen LogP contribution in [-0.2, 0) is 18.9 Å². The number of hydrogen-bond acceptors (Lipinski definition) is 3. The number of hydrogen-bond donors (Lipinski definition) is 1. The highest BCUT2D eigenvalue weighted by Crippen LogP contribution is 2.23. The second-order valence-corrected chi connectivity index (χ2v) is 6.81. The number of anilines is 1. The number of aryl methyl sites for hydroxylation is 3. The predicted molar refractivity (Wildman–Crippen MR) is 107 cm³/mol. The van der Waals surface area contributed by atoms with E-state index in [1.54, 1.807) is 35.4 Å². The first-order valence-electron chi connectivity index (χ1n) is 9.02. The molecule has 1 aromatic heterocycles. The van der Waals surface area contributed by atoms with Crippen LogP contribution in [0.15, 0.2) is 41.2 Å². The molecule has 0 aliphatic carbocycles. The van der Waals surface area contributed by atoms with Crippen molar-refractivity contribution in [2.45, 2.75) is 33.3 Å². The van der Waals surface area contributed by atoms with E-state index >= 15 is 0 Å². The van der Waals surface area contributed by atoms with E-state index in [0.29, 0.717) is 12.1 Å². The summed E-state index contributed by atoms with van der Waals surface area (Å²) in [7, 11) is 3.45. The number of rotatable bonds is 5. The van der Waals surface area contributed by atoms with Crippen molar-refractivity contribution in [1.82, 2.24) is 9.13 Å². The summed E-state index contributed by atoms with van der Waals surface area (Å²) in [5.41, 5.74) is 4.28. The molecular formula is C21H25N3O3. The van der Waals surface area contributed by atoms with Gasteiger partial charge in [-0.05, 0) is 55.7 Å². The molecule has 0 saturated heterocycles. The number of nitrogens with one attached hydrogen (secondary N) is 1. The van der Waals surface area contributed by atoms with Gasteiger partial charge in [-0.1, -0.05) is 19.1 Å². The summed E-state index contributed by atoms with van der Waals surface area (Å²) < 4.78 is 9.12. The molecule has 1 heterocycles. The van der Waals surface area contributed by atoms with Gasteiger partial charge in [-0.2, -0.15) is 0 Å². The zero-order valence-electron chi connectivity index (χ0n) is 16.4. The molecule has 3 aromatic rings. The minimum atomic E-state index is -0.596. The molecule has 0 fully saturated rings. The summed E-state index contributed by atoms with van der Waals surface area (Å²) >= 11 is 0. The Bertz CT molecular complexity index is 1060. The van der Waals surface area contributed by atoms with E-state index in [9.17, 15) is 9.59 Å². The molecule has 0 aliphatic heterocycles. The molecule has 2 aromatic carbocycles. The van der Waals surface area contributed by atoms with Gasteiger partial charge < -0.3 is 10.1 Å². The van der Waals surface area contributed by atoms with Crippen LogP contribution in [0.4, 0.5) is 5.69 Å². The molecule has 3 rings (SSSR count). The summed E-state index contributed by atoms with van der Waals surface area (Å²) in [6.07, 6.45) is -0.0496. The highest BCUT2D eigenvalue weighted by molar-refractivity contribution is 5.96. The fraction of sp³-hybridized carbons (Fsp3) is 0.333. The fourth-order valence-electron chi connectivity index (χ4n) is 3.13. The SMILES string of the molecule is CC[C@H](Oc1cccc(C)c1C)C(=O)Nc1ccc2c(c1)n(C)c(=O)n2C. The number of carbonyl (C=O) groups excluding carboxylic acids is 1. The average molecular weight is 367 g/mol. The molecular weight excluding hydrogens is 342 g/mol. The van der Waals surface area contributed by atoms with Gasteiger partial charge in [0.2, 0.25) is 0 Å². The van der Waals surface area contributed by atoms with Crippen LogP contribution in [0.1, 0.15) is 24.5 Å². The first-order valence-corrected chi connectivity index (χ1v) is 9.02. The molecule has 0 bridgehead atoms. The maximum Gasteiger partial charge on any atom is 0.328 e. The molecule has 0 saturated carbocycles. The van der Waals surface area contributed by atoms with E-state index in [0.717, 1.165) is 27.9 Å². The van der Waals surface area contributed by atoms with Crippen molar-refractivity contribution in [2.24, 2.45) is 14.1 Å². The van der Waals surface area contributed by atoms with Gasteiger partial charge in [-0.3, -0.25) is 13.9 Å². The van der Waals surface area contributed by atoms with Gasteiger partial charge in [0.25, 0.3) is 5.91 Å². The van der Waals surface area contributed by atoms with Gasteiger partial charge >= 0.3 is 5.69 Å². The fourth-order valence-corrected chi connectivity index (χ4v) is 3.13. The van der Waals surface area contributed by atoms with Crippen molar-refractivity contribution in [1.29, 1.82) is 0 Å². The number of imidazole rings is 1. The third-order valence-corrected chi connectivity index (χ3v) is 5.03. The smallest absolute Gasteiger partial charge is 0.328 e. The summed E-state index contributed by atoms with van der Waals surface area (Å²) in [5.74, 6) is 0.511. The van der Waals surface area contributed by atoms with Crippen molar-refractivity contribution < 1.29 is 9.53 Å². The lowest BCUT2D eigenvalue weighted by Gasteiger charge is -2.19. The Morgan fingerprint density at radius 1 is 1.11 bits per heavy atom. The Balaban J connectivity index is 1.82. The molecule has 1 atom stereocenters. The Morgan fingerprint density at radius 2 is 1.81 bits per heavy atom. The van der Waals surface area contributed by atoms with Gasteiger partial charge in [0.1, 0.15) is 5.75 Å². The van der Waals surface area contributed by atoms with Gasteiger partial charge in [0, 0.05) is 19.8 Å². The van der Waals surface area contributed by atoms with Crippen LogP contribution >= 0.6 is 0 Å². The number of fused-ring (bicyclic) bond motifs is 1. The van der Waals surface area contributed by atoms with Crippen LogP contribution in [0.3, 0.4) is 0 Å². The van der Waals surface area contributed by atoms with Gasteiger partial charge in [-0.15, -0.1) is 0 Å². The molecule has 6 heteroatoms. The Morgan fingerprint density at radius 3 is 2.52 bits per heavy atom. The Labute approximate surface area is 158 Å². The third-order valence-electron chi connectivity index (χ3n) is 5.03. The van der Waals surface area contributed by atoms with E-state index in [-0.39, 0.29) is 11.6 Å². The zero-order chi connectivity index (χ0) is 19.7. The van der Waals surface area contributed by atoms with E-state index < -0.39 is 6.10 Å². The van der Waals surface area contributed by atoms with E-state index in [2.05, 4.69) is 5.32 Å². The number of ether oxygens (including phenoxy) is 1. The largest absolute Gasteiger partial charge is 0.480 e. The van der Waals surface area contributed by atoms with Gasteiger partial charge in [0.05, 0.1) is 11.0 Å². The Hall–Kier alpha value is -3.02. The van der Waals surface area contributed by atoms with E-state index in [4.69, 9.17) is 4.74 Å². The molecule has 0 spiro atoms. The number of benzene rings is 2. The van der Waals surface area contributed by atoms with Crippen molar-refractivity contribution >= 4 is 22.6 Å². The summed E-state index contributed by atoms with van der Waals surface area (Å²) in [5, 5.41) is 2.91. The number of aromatic nitrogens is 2. The van der Waals surface area contributed by atoms with Crippen LogP contribution in [0, 0.1) is 13.8 Å². The molecule has 1 N–H and O–H groups in total. The maximum atomic E-state index is 12.7. The lowest BCUT2D eigenvalue weighted by molar-refractivity contribution is -0.122. The lowest BCUT2D eigenvalue weighted by atomic mass is 10.1. The van der Waals surface area contributed by atoms with Crippen LogP contribution in [-0.4, -0.2) is 21.1 Å². The number of amides is 1. The van der Waals surface area contributed by atoms with Crippen LogP contribution in [0.5, 0.6) is 5.75 Å². The monoisotopic (exact) mass is 367 g/mol. The normalized spacial score (nSPS) is 12.2. The molecule has 0 unspecified atom stereocenters.